The van der Waals surface area contributed by atoms with Crippen molar-refractivity contribution >= 4 is 5.78 Å². The summed E-state index contributed by atoms with van der Waals surface area (Å²) in [7, 11) is 0. The van der Waals surface area contributed by atoms with Crippen molar-refractivity contribution in [1.82, 2.24) is 4.90 Å². The highest BCUT2D eigenvalue weighted by atomic mass is 19.1. The Morgan fingerprint density at radius 1 is 1.50 bits per heavy atom. The number of likely N-dealkylation sites (tertiary alicyclic amines) is 1. The molecule has 0 amide bonds. The van der Waals surface area contributed by atoms with E-state index in [4.69, 9.17) is 0 Å². The molecule has 1 aliphatic rings. The van der Waals surface area contributed by atoms with Crippen LogP contribution in [0.3, 0.4) is 0 Å². The van der Waals surface area contributed by atoms with Gasteiger partial charge in [-0.15, -0.1) is 0 Å². The van der Waals surface area contributed by atoms with Gasteiger partial charge in [-0.25, -0.2) is 4.39 Å². The van der Waals surface area contributed by atoms with Gasteiger partial charge < -0.3 is 4.90 Å². The zero-order chi connectivity index (χ0) is 13.0. The van der Waals surface area contributed by atoms with Gasteiger partial charge in [-0.3, -0.25) is 4.79 Å². The second-order valence-electron chi connectivity index (χ2n) is 5.23. The van der Waals surface area contributed by atoms with Crippen LogP contribution in [0.1, 0.15) is 36.5 Å². The molecule has 1 atom stereocenters. The lowest BCUT2D eigenvalue weighted by Gasteiger charge is -2.30. The molecule has 3 heteroatoms. The lowest BCUT2D eigenvalue weighted by molar-refractivity contribution is 0.0948. The normalized spacial score (nSPS) is 20.9. The second-order valence-corrected chi connectivity index (χ2v) is 5.23. The Bertz CT molecular complexity index is 419. The minimum absolute atomic E-state index is 0.0349. The molecular weight excluding hydrogens is 229 g/mol. The van der Waals surface area contributed by atoms with Crippen molar-refractivity contribution in [3.05, 3.63) is 35.6 Å². The zero-order valence-electron chi connectivity index (χ0n) is 10.9. The van der Waals surface area contributed by atoms with Crippen LogP contribution in [0.2, 0.25) is 0 Å². The van der Waals surface area contributed by atoms with Crippen molar-refractivity contribution in [2.45, 2.75) is 26.2 Å². The van der Waals surface area contributed by atoms with Gasteiger partial charge in [-0.2, -0.15) is 0 Å². The molecule has 1 fully saturated rings. The number of benzene rings is 1. The number of ketones is 1. The van der Waals surface area contributed by atoms with Crippen LogP contribution in [-0.2, 0) is 0 Å². The SMILES string of the molecule is CC1CCCN(CCC(=O)c2cccc(F)c2)C1. The Kier molecular flexibility index (Phi) is 4.48. The average molecular weight is 249 g/mol. The number of hydrogen-bond donors (Lipinski definition) is 0. The van der Waals surface area contributed by atoms with Gasteiger partial charge in [0, 0.05) is 25.1 Å². The number of halogens is 1. The molecule has 1 aromatic carbocycles. The maximum absolute atomic E-state index is 13.0. The average Bonchev–Trinajstić information content (AvgIpc) is 2.36. The molecule has 2 nitrogen and oxygen atoms in total. The van der Waals surface area contributed by atoms with E-state index < -0.39 is 0 Å². The lowest BCUT2D eigenvalue weighted by atomic mass is 9.99. The largest absolute Gasteiger partial charge is 0.303 e. The van der Waals surface area contributed by atoms with Gasteiger partial charge in [0.1, 0.15) is 5.82 Å². The van der Waals surface area contributed by atoms with Gasteiger partial charge >= 0.3 is 0 Å². The van der Waals surface area contributed by atoms with Crippen LogP contribution in [0.15, 0.2) is 24.3 Å². The van der Waals surface area contributed by atoms with Crippen LogP contribution < -0.4 is 0 Å². The van der Waals surface area contributed by atoms with Crippen LogP contribution in [0.4, 0.5) is 4.39 Å². The van der Waals surface area contributed by atoms with E-state index >= 15 is 0 Å². The van der Waals surface area contributed by atoms with Gasteiger partial charge in [0.25, 0.3) is 0 Å². The van der Waals surface area contributed by atoms with Crippen molar-refractivity contribution in [3.8, 4) is 0 Å². The molecule has 1 unspecified atom stereocenters. The number of carbonyl (C=O) groups is 1. The number of rotatable bonds is 4. The first-order chi connectivity index (χ1) is 8.65. The van der Waals surface area contributed by atoms with Gasteiger partial charge in [0.15, 0.2) is 5.78 Å². The number of carbonyl (C=O) groups excluding carboxylic acids is 1. The summed E-state index contributed by atoms with van der Waals surface area (Å²) in [5.41, 5.74) is 0.486. The molecule has 1 saturated heterocycles. The van der Waals surface area contributed by atoms with Crippen LogP contribution >= 0.6 is 0 Å². The predicted molar refractivity (Wildman–Crippen MR) is 70.2 cm³/mol. The molecule has 1 aliphatic heterocycles. The monoisotopic (exact) mass is 249 g/mol. The quantitative estimate of drug-likeness (QED) is 0.764. The summed E-state index contributed by atoms with van der Waals surface area (Å²) < 4.78 is 13.0. The minimum Gasteiger partial charge on any atom is -0.303 e. The van der Waals surface area contributed by atoms with E-state index in [9.17, 15) is 9.18 Å². The van der Waals surface area contributed by atoms with E-state index in [1.165, 1.54) is 25.0 Å². The highest BCUT2D eigenvalue weighted by Crippen LogP contribution is 2.16. The van der Waals surface area contributed by atoms with Crippen LogP contribution in [-0.4, -0.2) is 30.3 Å². The Morgan fingerprint density at radius 2 is 2.33 bits per heavy atom. The van der Waals surface area contributed by atoms with Crippen molar-refractivity contribution in [3.63, 3.8) is 0 Å². The zero-order valence-corrected chi connectivity index (χ0v) is 10.9. The highest BCUT2D eigenvalue weighted by molar-refractivity contribution is 5.96. The number of Topliss-reactive ketones (excluding diaryl/α,β-unsaturated/α-hetero) is 1. The van der Waals surface area contributed by atoms with Crippen molar-refractivity contribution < 1.29 is 9.18 Å². The summed E-state index contributed by atoms with van der Waals surface area (Å²) in [5, 5.41) is 0. The van der Waals surface area contributed by atoms with E-state index in [1.807, 2.05) is 0 Å². The molecule has 1 heterocycles. The number of hydrogen-bond acceptors (Lipinski definition) is 2. The fraction of sp³-hybridized carbons (Fsp3) is 0.533. The molecule has 0 aliphatic carbocycles. The first kappa shape index (κ1) is 13.2. The van der Waals surface area contributed by atoms with Crippen LogP contribution in [0.5, 0.6) is 0 Å². The van der Waals surface area contributed by atoms with Crippen LogP contribution in [0, 0.1) is 11.7 Å². The molecule has 98 valence electrons. The van der Waals surface area contributed by atoms with Crippen LogP contribution in [0.25, 0.3) is 0 Å². The van der Waals surface area contributed by atoms with E-state index in [0.29, 0.717) is 12.0 Å². The molecule has 0 saturated carbocycles. The van der Waals surface area contributed by atoms with E-state index in [0.717, 1.165) is 25.6 Å². The smallest absolute Gasteiger partial charge is 0.164 e. The molecule has 2 rings (SSSR count). The molecular formula is C15H20FNO. The van der Waals surface area contributed by atoms with Gasteiger partial charge in [-0.05, 0) is 37.4 Å². The summed E-state index contributed by atoms with van der Waals surface area (Å²) in [4.78, 5) is 14.3. The third-order valence-corrected chi connectivity index (χ3v) is 3.54. The molecule has 0 N–H and O–H groups in total. The highest BCUT2D eigenvalue weighted by Gasteiger charge is 2.17. The number of piperidine rings is 1. The van der Waals surface area contributed by atoms with Crippen molar-refractivity contribution in [2.75, 3.05) is 19.6 Å². The van der Waals surface area contributed by atoms with Crippen molar-refractivity contribution in [1.29, 1.82) is 0 Å². The minimum atomic E-state index is -0.340. The standard InChI is InChI=1S/C15H20FNO/c1-12-4-3-8-17(11-12)9-7-15(18)13-5-2-6-14(16)10-13/h2,5-6,10,12H,3-4,7-9,11H2,1H3. The third-order valence-electron chi connectivity index (χ3n) is 3.54. The summed E-state index contributed by atoms with van der Waals surface area (Å²) in [6.45, 7) is 5.21. The molecule has 0 radical (unpaired) electrons. The number of nitrogens with zero attached hydrogens (tertiary/aromatic N) is 1. The van der Waals surface area contributed by atoms with Crippen molar-refractivity contribution in [2.24, 2.45) is 5.92 Å². The second kappa shape index (κ2) is 6.10. The fourth-order valence-corrected chi connectivity index (χ4v) is 2.56. The topological polar surface area (TPSA) is 20.3 Å². The molecule has 1 aromatic rings. The van der Waals surface area contributed by atoms with E-state index in [1.54, 1.807) is 12.1 Å². The van der Waals surface area contributed by atoms with Gasteiger partial charge in [0.05, 0.1) is 0 Å². The third kappa shape index (κ3) is 3.64. The fourth-order valence-electron chi connectivity index (χ4n) is 2.56. The molecule has 18 heavy (non-hydrogen) atoms. The van der Waals surface area contributed by atoms with Gasteiger partial charge in [0.2, 0.25) is 0 Å². The Labute approximate surface area is 108 Å². The molecule has 0 bridgehead atoms. The Morgan fingerprint density at radius 3 is 3.06 bits per heavy atom. The van der Waals surface area contributed by atoms with E-state index in [2.05, 4.69) is 11.8 Å². The Balaban J connectivity index is 1.84. The summed E-state index contributed by atoms with van der Waals surface area (Å²) >= 11 is 0. The summed E-state index contributed by atoms with van der Waals surface area (Å²) in [6.07, 6.45) is 2.99. The first-order valence-corrected chi connectivity index (χ1v) is 6.66. The first-order valence-electron chi connectivity index (χ1n) is 6.66. The maximum Gasteiger partial charge on any atom is 0.164 e. The molecule has 0 aromatic heterocycles. The molecule has 0 spiro atoms. The van der Waals surface area contributed by atoms with Gasteiger partial charge in [-0.1, -0.05) is 19.1 Å². The maximum atomic E-state index is 13.0. The lowest BCUT2D eigenvalue weighted by Crippen LogP contribution is -2.35. The predicted octanol–water partition coefficient (Wildman–Crippen LogP) is 3.13. The Hall–Kier alpha value is -1.22. The van der Waals surface area contributed by atoms with E-state index in [-0.39, 0.29) is 11.6 Å². The summed E-state index contributed by atoms with van der Waals surface area (Å²) in [5.74, 6) is 0.420. The summed E-state index contributed by atoms with van der Waals surface area (Å²) in [6, 6.07) is 5.96.